The molecule has 2 aromatic heterocycles. The van der Waals surface area contributed by atoms with E-state index in [9.17, 15) is 14.7 Å². The number of hydrogen-bond donors (Lipinski definition) is 1. The van der Waals surface area contributed by atoms with E-state index in [0.717, 1.165) is 5.65 Å². The van der Waals surface area contributed by atoms with Crippen LogP contribution in [-0.4, -0.2) is 57.1 Å². The van der Waals surface area contributed by atoms with Gasteiger partial charge in [-0.2, -0.15) is 0 Å². The van der Waals surface area contributed by atoms with Crippen LogP contribution in [0.2, 0.25) is 0 Å². The molecule has 0 aliphatic carbocycles. The predicted molar refractivity (Wildman–Crippen MR) is 77.7 cm³/mol. The number of aliphatic carboxylic acids is 1. The molecule has 0 saturated carbocycles. The maximum atomic E-state index is 12.8. The first-order chi connectivity index (χ1) is 10.6. The van der Waals surface area contributed by atoms with E-state index < -0.39 is 11.5 Å². The second-order valence-electron chi connectivity index (χ2n) is 5.44. The second-order valence-corrected chi connectivity index (χ2v) is 5.44. The van der Waals surface area contributed by atoms with E-state index in [2.05, 4.69) is 4.98 Å². The highest BCUT2D eigenvalue weighted by Crippen LogP contribution is 2.31. The van der Waals surface area contributed by atoms with Gasteiger partial charge in [-0.25, -0.2) is 9.78 Å². The summed E-state index contributed by atoms with van der Waals surface area (Å²) in [4.78, 5) is 30.1. The molecule has 7 heteroatoms. The molecule has 0 aromatic carbocycles. The third-order valence-electron chi connectivity index (χ3n) is 4.15. The van der Waals surface area contributed by atoms with Crippen LogP contribution in [-0.2, 0) is 9.53 Å². The summed E-state index contributed by atoms with van der Waals surface area (Å²) in [7, 11) is 1.45. The molecule has 1 atom stereocenters. The lowest BCUT2D eigenvalue weighted by molar-refractivity contribution is -0.151. The number of methoxy groups -OCH3 is 1. The highest BCUT2D eigenvalue weighted by Gasteiger charge is 2.50. The Bertz CT molecular complexity index is 726. The van der Waals surface area contributed by atoms with Crippen LogP contribution in [0.5, 0.6) is 0 Å². The van der Waals surface area contributed by atoms with Gasteiger partial charge in [0.15, 0.2) is 5.54 Å². The Labute approximate surface area is 127 Å². The van der Waals surface area contributed by atoms with Gasteiger partial charge < -0.3 is 19.1 Å². The summed E-state index contributed by atoms with van der Waals surface area (Å²) in [5.74, 6) is -1.32. The van der Waals surface area contributed by atoms with Crippen LogP contribution in [0.4, 0.5) is 0 Å². The van der Waals surface area contributed by atoms with Crippen molar-refractivity contribution in [2.45, 2.75) is 18.4 Å². The molecule has 1 N–H and O–H groups in total. The van der Waals surface area contributed by atoms with Gasteiger partial charge in [0.1, 0.15) is 5.65 Å². The molecule has 1 aliphatic heterocycles. The van der Waals surface area contributed by atoms with E-state index in [1.54, 1.807) is 35.1 Å². The average Bonchev–Trinajstić information content (AvgIpc) is 3.13. The fourth-order valence-corrected chi connectivity index (χ4v) is 3.05. The topological polar surface area (TPSA) is 84.1 Å². The molecule has 1 unspecified atom stereocenters. The zero-order valence-electron chi connectivity index (χ0n) is 12.2. The van der Waals surface area contributed by atoms with E-state index in [-0.39, 0.29) is 12.5 Å². The van der Waals surface area contributed by atoms with Gasteiger partial charge in [-0.3, -0.25) is 4.79 Å². The molecule has 1 aliphatic rings. The Balaban J connectivity index is 1.97. The molecule has 2 aromatic rings. The van der Waals surface area contributed by atoms with Crippen molar-refractivity contribution < 1.29 is 19.4 Å². The van der Waals surface area contributed by atoms with Crippen molar-refractivity contribution in [1.29, 1.82) is 0 Å². The zero-order valence-corrected chi connectivity index (χ0v) is 12.2. The largest absolute Gasteiger partial charge is 0.479 e. The molecule has 116 valence electrons. The fraction of sp³-hybridized carbons (Fsp3) is 0.400. The number of ether oxygens (including phenoxy) is 1. The van der Waals surface area contributed by atoms with E-state index in [1.165, 1.54) is 12.0 Å². The van der Waals surface area contributed by atoms with Crippen molar-refractivity contribution in [3.8, 4) is 0 Å². The van der Waals surface area contributed by atoms with Gasteiger partial charge in [-0.05, 0) is 25.0 Å². The molecule has 3 rings (SSSR count). The number of hydrogen-bond acceptors (Lipinski definition) is 4. The fourth-order valence-electron chi connectivity index (χ4n) is 3.05. The molecule has 1 fully saturated rings. The molecular formula is C15H17N3O4. The van der Waals surface area contributed by atoms with Crippen molar-refractivity contribution in [1.82, 2.24) is 14.3 Å². The number of nitrogens with zero attached hydrogens (tertiary/aromatic N) is 3. The number of fused-ring (bicyclic) bond motifs is 1. The van der Waals surface area contributed by atoms with Crippen LogP contribution in [0.1, 0.15) is 23.2 Å². The standard InChI is InChI=1S/C15H17N3O4/c1-22-10-15(14(20)21)5-2-7-18(15)13(19)11-3-4-12-16-6-8-17(12)9-11/h3-4,6,8-9H,2,5,7,10H2,1H3,(H,20,21). The summed E-state index contributed by atoms with van der Waals surface area (Å²) in [6.45, 7) is 0.401. The van der Waals surface area contributed by atoms with E-state index >= 15 is 0 Å². The van der Waals surface area contributed by atoms with Crippen LogP contribution in [0.3, 0.4) is 0 Å². The predicted octanol–water partition coefficient (Wildman–Crippen LogP) is 1.04. The first-order valence-electron chi connectivity index (χ1n) is 7.05. The minimum absolute atomic E-state index is 0.0125. The summed E-state index contributed by atoms with van der Waals surface area (Å²) in [6, 6.07) is 3.41. The number of likely N-dealkylation sites (tertiary alicyclic amines) is 1. The minimum atomic E-state index is -1.28. The Morgan fingerprint density at radius 2 is 2.27 bits per heavy atom. The number of carbonyl (C=O) groups excluding carboxylic acids is 1. The number of aromatic nitrogens is 2. The van der Waals surface area contributed by atoms with Crippen molar-refractivity contribution in [3.05, 3.63) is 36.3 Å². The summed E-state index contributed by atoms with van der Waals surface area (Å²) >= 11 is 0. The van der Waals surface area contributed by atoms with Crippen LogP contribution in [0, 0.1) is 0 Å². The molecule has 0 radical (unpaired) electrons. The van der Waals surface area contributed by atoms with Crippen molar-refractivity contribution in [2.75, 3.05) is 20.3 Å². The van der Waals surface area contributed by atoms with Gasteiger partial charge in [0, 0.05) is 32.2 Å². The third kappa shape index (κ3) is 2.14. The molecule has 7 nitrogen and oxygen atoms in total. The number of imidazole rings is 1. The lowest BCUT2D eigenvalue weighted by Gasteiger charge is -2.34. The first-order valence-corrected chi connectivity index (χ1v) is 7.05. The lowest BCUT2D eigenvalue weighted by Crippen LogP contribution is -2.56. The van der Waals surface area contributed by atoms with Gasteiger partial charge in [0.05, 0.1) is 12.2 Å². The zero-order chi connectivity index (χ0) is 15.7. The minimum Gasteiger partial charge on any atom is -0.479 e. The van der Waals surface area contributed by atoms with Gasteiger partial charge >= 0.3 is 5.97 Å². The van der Waals surface area contributed by atoms with Gasteiger partial charge in [0.25, 0.3) is 5.91 Å². The number of carboxylic acid groups (broad SMARTS) is 1. The first kappa shape index (κ1) is 14.5. The Morgan fingerprint density at radius 1 is 1.45 bits per heavy atom. The molecule has 1 amide bonds. The van der Waals surface area contributed by atoms with Crippen molar-refractivity contribution in [3.63, 3.8) is 0 Å². The Morgan fingerprint density at radius 3 is 3.00 bits per heavy atom. The summed E-state index contributed by atoms with van der Waals surface area (Å²) in [5.41, 5.74) is -0.107. The molecule has 0 spiro atoms. The number of carboxylic acids is 1. The van der Waals surface area contributed by atoms with Crippen LogP contribution in [0.25, 0.3) is 5.65 Å². The average molecular weight is 303 g/mol. The number of pyridine rings is 1. The lowest BCUT2D eigenvalue weighted by atomic mass is 9.97. The van der Waals surface area contributed by atoms with Crippen LogP contribution >= 0.6 is 0 Å². The maximum Gasteiger partial charge on any atom is 0.332 e. The third-order valence-corrected chi connectivity index (χ3v) is 4.15. The summed E-state index contributed by atoms with van der Waals surface area (Å²) in [5, 5.41) is 9.61. The molecule has 1 saturated heterocycles. The highest BCUT2D eigenvalue weighted by molar-refractivity contribution is 5.98. The number of carbonyl (C=O) groups is 2. The van der Waals surface area contributed by atoms with E-state index in [0.29, 0.717) is 24.9 Å². The monoisotopic (exact) mass is 303 g/mol. The quantitative estimate of drug-likeness (QED) is 0.912. The summed E-state index contributed by atoms with van der Waals surface area (Å²) < 4.78 is 6.81. The van der Waals surface area contributed by atoms with Crippen LogP contribution < -0.4 is 0 Å². The van der Waals surface area contributed by atoms with Gasteiger partial charge in [-0.1, -0.05) is 0 Å². The SMILES string of the molecule is COCC1(C(=O)O)CCCN1C(=O)c1ccc2nccn2c1. The Kier molecular flexibility index (Phi) is 3.58. The smallest absolute Gasteiger partial charge is 0.332 e. The van der Waals surface area contributed by atoms with Crippen molar-refractivity contribution >= 4 is 17.5 Å². The van der Waals surface area contributed by atoms with Crippen molar-refractivity contribution in [2.24, 2.45) is 0 Å². The summed E-state index contributed by atoms with van der Waals surface area (Å²) in [6.07, 6.45) is 6.11. The number of amides is 1. The maximum absolute atomic E-state index is 12.8. The second kappa shape index (κ2) is 5.42. The molecular weight excluding hydrogens is 286 g/mol. The van der Waals surface area contributed by atoms with Gasteiger partial charge in [-0.15, -0.1) is 0 Å². The molecule has 0 bridgehead atoms. The molecule has 3 heterocycles. The molecule has 22 heavy (non-hydrogen) atoms. The van der Waals surface area contributed by atoms with E-state index in [4.69, 9.17) is 4.74 Å². The van der Waals surface area contributed by atoms with E-state index in [1.807, 2.05) is 0 Å². The normalized spacial score (nSPS) is 21.4. The highest BCUT2D eigenvalue weighted by atomic mass is 16.5. The van der Waals surface area contributed by atoms with Crippen LogP contribution in [0.15, 0.2) is 30.7 Å². The Hall–Kier alpha value is -2.41. The van der Waals surface area contributed by atoms with Gasteiger partial charge in [0.2, 0.25) is 0 Å². The number of rotatable bonds is 4.